The van der Waals surface area contributed by atoms with Gasteiger partial charge in [0.25, 0.3) is 0 Å². The summed E-state index contributed by atoms with van der Waals surface area (Å²) in [5.41, 5.74) is 0.210. The van der Waals surface area contributed by atoms with Crippen molar-refractivity contribution in [3.63, 3.8) is 0 Å². The summed E-state index contributed by atoms with van der Waals surface area (Å²) in [5.74, 6) is -1.06. The quantitative estimate of drug-likeness (QED) is 0.725. The molecule has 0 saturated heterocycles. The minimum Gasteiger partial charge on any atom is -0.438 e. The number of oxazole rings is 1. The average Bonchev–Trinajstić information content (AvgIpc) is 2.67. The van der Waals surface area contributed by atoms with Crippen molar-refractivity contribution in [2.45, 2.75) is 6.18 Å². The molecule has 78 valence electrons. The highest BCUT2D eigenvalue weighted by Gasteiger charge is 2.38. The van der Waals surface area contributed by atoms with Crippen LogP contribution in [0.3, 0.4) is 0 Å². The summed E-state index contributed by atoms with van der Waals surface area (Å²) in [5, 5.41) is 0. The van der Waals surface area contributed by atoms with Gasteiger partial charge in [0.1, 0.15) is 5.69 Å². The lowest BCUT2D eigenvalue weighted by Gasteiger charge is -2.04. The molecular formula is C10H6F3NO. The van der Waals surface area contributed by atoms with Gasteiger partial charge >= 0.3 is 6.18 Å². The smallest absolute Gasteiger partial charge is 0.438 e. The summed E-state index contributed by atoms with van der Waals surface area (Å²) in [6.07, 6.45) is -3.72. The topological polar surface area (TPSA) is 26.0 Å². The van der Waals surface area contributed by atoms with Crippen LogP contribution in [-0.4, -0.2) is 4.98 Å². The number of rotatable bonds is 1. The SMILES string of the molecule is FC(F)(F)c1ocnc1-c1ccccc1. The molecule has 0 aliphatic carbocycles. The fourth-order valence-electron chi connectivity index (χ4n) is 1.25. The standard InChI is InChI=1S/C10H6F3NO/c11-10(12,13)9-8(14-6-15-9)7-4-2-1-3-5-7/h1-6H. The number of aromatic nitrogens is 1. The van der Waals surface area contributed by atoms with Crippen LogP contribution in [0.1, 0.15) is 5.76 Å². The van der Waals surface area contributed by atoms with Crippen LogP contribution in [0.4, 0.5) is 13.2 Å². The van der Waals surface area contributed by atoms with Crippen molar-refractivity contribution in [3.8, 4) is 11.3 Å². The second kappa shape index (κ2) is 3.42. The van der Waals surface area contributed by atoms with E-state index in [0.29, 0.717) is 5.56 Å². The Labute approximate surface area is 83.4 Å². The van der Waals surface area contributed by atoms with Gasteiger partial charge in [-0.2, -0.15) is 13.2 Å². The second-order valence-corrected chi connectivity index (χ2v) is 2.89. The van der Waals surface area contributed by atoms with E-state index in [-0.39, 0.29) is 5.69 Å². The maximum atomic E-state index is 12.4. The minimum atomic E-state index is -4.51. The lowest BCUT2D eigenvalue weighted by Crippen LogP contribution is -2.05. The van der Waals surface area contributed by atoms with Gasteiger partial charge < -0.3 is 4.42 Å². The number of alkyl halides is 3. The zero-order valence-electron chi connectivity index (χ0n) is 7.45. The molecule has 0 N–H and O–H groups in total. The Hall–Kier alpha value is -1.78. The van der Waals surface area contributed by atoms with Crippen molar-refractivity contribution in [2.24, 2.45) is 0 Å². The highest BCUT2D eigenvalue weighted by molar-refractivity contribution is 5.61. The molecule has 2 rings (SSSR count). The van der Waals surface area contributed by atoms with E-state index in [9.17, 15) is 13.2 Å². The number of halogens is 3. The zero-order valence-corrected chi connectivity index (χ0v) is 7.45. The molecular weight excluding hydrogens is 207 g/mol. The number of nitrogens with zero attached hydrogens (tertiary/aromatic N) is 1. The van der Waals surface area contributed by atoms with Gasteiger partial charge in [-0.1, -0.05) is 30.3 Å². The van der Waals surface area contributed by atoms with Crippen molar-refractivity contribution < 1.29 is 17.6 Å². The van der Waals surface area contributed by atoms with Crippen molar-refractivity contribution in [3.05, 3.63) is 42.5 Å². The molecule has 0 aliphatic heterocycles. The molecule has 0 amide bonds. The summed E-state index contributed by atoms with van der Waals surface area (Å²) in [6, 6.07) is 8.10. The molecule has 1 aromatic heterocycles. The average molecular weight is 213 g/mol. The summed E-state index contributed by atoms with van der Waals surface area (Å²) < 4.78 is 41.6. The molecule has 0 radical (unpaired) electrons. The van der Waals surface area contributed by atoms with Crippen LogP contribution in [0.25, 0.3) is 11.3 Å². The van der Waals surface area contributed by atoms with Crippen LogP contribution in [0, 0.1) is 0 Å². The fraction of sp³-hybridized carbons (Fsp3) is 0.100. The Balaban J connectivity index is 2.51. The summed E-state index contributed by atoms with van der Waals surface area (Å²) in [4.78, 5) is 3.57. The third-order valence-electron chi connectivity index (χ3n) is 1.87. The largest absolute Gasteiger partial charge is 0.451 e. The first-order valence-corrected chi connectivity index (χ1v) is 4.15. The van der Waals surface area contributed by atoms with Gasteiger partial charge in [-0.05, 0) is 0 Å². The Morgan fingerprint density at radius 2 is 1.73 bits per heavy atom. The van der Waals surface area contributed by atoms with Crippen molar-refractivity contribution in [1.82, 2.24) is 4.98 Å². The van der Waals surface area contributed by atoms with E-state index in [0.717, 1.165) is 6.39 Å². The van der Waals surface area contributed by atoms with Gasteiger partial charge in [-0.25, -0.2) is 4.98 Å². The van der Waals surface area contributed by atoms with Crippen LogP contribution in [0.5, 0.6) is 0 Å². The molecule has 2 nitrogen and oxygen atoms in total. The summed E-state index contributed by atoms with van der Waals surface area (Å²) in [6.45, 7) is 0. The Morgan fingerprint density at radius 3 is 2.33 bits per heavy atom. The van der Waals surface area contributed by atoms with Crippen LogP contribution >= 0.6 is 0 Å². The molecule has 15 heavy (non-hydrogen) atoms. The molecule has 0 saturated carbocycles. The maximum absolute atomic E-state index is 12.4. The van der Waals surface area contributed by atoms with Crippen molar-refractivity contribution >= 4 is 0 Å². The molecule has 1 aromatic carbocycles. The third kappa shape index (κ3) is 1.86. The monoisotopic (exact) mass is 213 g/mol. The number of hydrogen-bond donors (Lipinski definition) is 0. The highest BCUT2D eigenvalue weighted by atomic mass is 19.4. The van der Waals surface area contributed by atoms with E-state index in [1.54, 1.807) is 30.3 Å². The summed E-state index contributed by atoms with van der Waals surface area (Å²) >= 11 is 0. The molecule has 1 heterocycles. The molecule has 0 spiro atoms. The van der Waals surface area contributed by atoms with E-state index in [4.69, 9.17) is 0 Å². The Kier molecular flexibility index (Phi) is 2.22. The van der Waals surface area contributed by atoms with E-state index < -0.39 is 11.9 Å². The lowest BCUT2D eigenvalue weighted by molar-refractivity contribution is -0.152. The van der Waals surface area contributed by atoms with Gasteiger partial charge in [-0.3, -0.25) is 0 Å². The van der Waals surface area contributed by atoms with E-state index in [1.807, 2.05) is 0 Å². The van der Waals surface area contributed by atoms with E-state index in [1.165, 1.54) is 0 Å². The van der Waals surface area contributed by atoms with Gasteiger partial charge in [0, 0.05) is 5.56 Å². The first-order chi connectivity index (χ1) is 7.09. The van der Waals surface area contributed by atoms with Crippen LogP contribution < -0.4 is 0 Å². The Bertz CT molecular complexity index is 447. The van der Waals surface area contributed by atoms with E-state index in [2.05, 4.69) is 9.40 Å². The Morgan fingerprint density at radius 1 is 1.07 bits per heavy atom. The van der Waals surface area contributed by atoms with Crippen LogP contribution in [0.15, 0.2) is 41.1 Å². The molecule has 0 fully saturated rings. The normalized spacial score (nSPS) is 11.7. The van der Waals surface area contributed by atoms with Crippen LogP contribution in [0.2, 0.25) is 0 Å². The fourth-order valence-corrected chi connectivity index (χ4v) is 1.25. The maximum Gasteiger partial charge on any atom is 0.451 e. The molecule has 0 aliphatic rings. The molecule has 0 bridgehead atoms. The third-order valence-corrected chi connectivity index (χ3v) is 1.87. The predicted molar refractivity (Wildman–Crippen MR) is 46.9 cm³/mol. The molecule has 2 aromatic rings. The minimum absolute atomic E-state index is 0.178. The molecule has 5 heteroatoms. The molecule has 0 atom stereocenters. The first kappa shape index (κ1) is 9.76. The first-order valence-electron chi connectivity index (χ1n) is 4.15. The van der Waals surface area contributed by atoms with Gasteiger partial charge in [0.15, 0.2) is 6.39 Å². The van der Waals surface area contributed by atoms with Crippen molar-refractivity contribution in [2.75, 3.05) is 0 Å². The summed E-state index contributed by atoms with van der Waals surface area (Å²) in [7, 11) is 0. The van der Waals surface area contributed by atoms with Crippen molar-refractivity contribution in [1.29, 1.82) is 0 Å². The van der Waals surface area contributed by atoms with Gasteiger partial charge in [0.2, 0.25) is 5.76 Å². The number of hydrogen-bond acceptors (Lipinski definition) is 2. The highest BCUT2D eigenvalue weighted by Crippen LogP contribution is 2.35. The van der Waals surface area contributed by atoms with Gasteiger partial charge in [0.05, 0.1) is 0 Å². The van der Waals surface area contributed by atoms with Gasteiger partial charge in [-0.15, -0.1) is 0 Å². The lowest BCUT2D eigenvalue weighted by atomic mass is 10.1. The van der Waals surface area contributed by atoms with Crippen LogP contribution in [-0.2, 0) is 6.18 Å². The second-order valence-electron chi connectivity index (χ2n) is 2.89. The molecule has 0 unspecified atom stereocenters. The number of benzene rings is 1. The van der Waals surface area contributed by atoms with E-state index >= 15 is 0 Å². The zero-order chi connectivity index (χ0) is 10.9. The predicted octanol–water partition coefficient (Wildman–Crippen LogP) is 3.36.